The normalized spacial score (nSPS) is 25.7. The Bertz CT molecular complexity index is 350. The van der Waals surface area contributed by atoms with Crippen molar-refractivity contribution in [3.05, 3.63) is 0 Å². The van der Waals surface area contributed by atoms with Crippen LogP contribution in [0.3, 0.4) is 0 Å². The minimum atomic E-state index is 0.234. The summed E-state index contributed by atoms with van der Waals surface area (Å²) in [4.78, 5) is 21.6. The first-order chi connectivity index (χ1) is 9.90. The zero-order valence-corrected chi connectivity index (χ0v) is 14.4. The van der Waals surface area contributed by atoms with Gasteiger partial charge >= 0.3 is 6.03 Å². The van der Waals surface area contributed by atoms with E-state index in [1.807, 2.05) is 0 Å². The van der Waals surface area contributed by atoms with Crippen molar-refractivity contribution in [2.24, 2.45) is 5.92 Å². The quantitative estimate of drug-likeness (QED) is 0.768. The van der Waals surface area contributed by atoms with Crippen LogP contribution in [0, 0.1) is 5.92 Å². The topological polar surface area (TPSA) is 30.0 Å². The molecule has 1 atom stereocenters. The molecule has 0 saturated carbocycles. The van der Waals surface area contributed by atoms with E-state index >= 15 is 0 Å². The fourth-order valence-corrected chi connectivity index (χ4v) is 3.35. The van der Waals surface area contributed by atoms with Crippen LogP contribution in [0.2, 0.25) is 0 Å². The van der Waals surface area contributed by atoms with E-state index in [0.29, 0.717) is 18.0 Å². The van der Waals surface area contributed by atoms with Gasteiger partial charge in [0.25, 0.3) is 0 Å². The number of likely N-dealkylation sites (N-methyl/N-ethyl adjacent to an activating group) is 1. The predicted octanol–water partition coefficient (Wildman–Crippen LogP) is 1.40. The Morgan fingerprint density at radius 1 is 1.05 bits per heavy atom. The van der Waals surface area contributed by atoms with Crippen molar-refractivity contribution in [3.63, 3.8) is 0 Å². The molecule has 122 valence electrons. The van der Waals surface area contributed by atoms with Gasteiger partial charge in [0, 0.05) is 51.9 Å². The van der Waals surface area contributed by atoms with E-state index in [-0.39, 0.29) is 6.03 Å². The lowest BCUT2D eigenvalue weighted by molar-refractivity contribution is 0.138. The van der Waals surface area contributed by atoms with Crippen molar-refractivity contribution in [3.8, 4) is 0 Å². The third kappa shape index (κ3) is 3.89. The number of amides is 2. The van der Waals surface area contributed by atoms with Gasteiger partial charge in [0.15, 0.2) is 0 Å². The molecular weight excluding hydrogens is 264 g/mol. The van der Waals surface area contributed by atoms with Crippen molar-refractivity contribution < 1.29 is 4.79 Å². The van der Waals surface area contributed by atoms with E-state index in [0.717, 1.165) is 45.8 Å². The second-order valence-electron chi connectivity index (χ2n) is 7.19. The highest BCUT2D eigenvalue weighted by Crippen LogP contribution is 2.24. The number of carbonyl (C=O) groups excluding carboxylic acids is 1. The van der Waals surface area contributed by atoms with Gasteiger partial charge < -0.3 is 14.7 Å². The minimum Gasteiger partial charge on any atom is -0.321 e. The van der Waals surface area contributed by atoms with Gasteiger partial charge in [0.05, 0.1) is 6.04 Å². The van der Waals surface area contributed by atoms with Crippen LogP contribution in [-0.2, 0) is 0 Å². The van der Waals surface area contributed by atoms with Crippen LogP contribution in [0.1, 0.15) is 27.7 Å². The Balaban J connectivity index is 1.87. The number of urea groups is 1. The molecule has 0 bridgehead atoms. The van der Waals surface area contributed by atoms with Crippen LogP contribution < -0.4 is 0 Å². The summed E-state index contributed by atoms with van der Waals surface area (Å²) in [5.74, 6) is 0.519. The van der Waals surface area contributed by atoms with Crippen LogP contribution in [0.5, 0.6) is 0 Å². The van der Waals surface area contributed by atoms with Crippen molar-refractivity contribution in [1.29, 1.82) is 0 Å². The first-order valence-electron chi connectivity index (χ1n) is 8.38. The number of rotatable bonds is 5. The standard InChI is InChI=1S/C16H32N4O/c1-13(2)15-12-19(16(21)20(15)14(3)4)11-10-18-8-6-17(5)7-9-18/h13-15H,6-12H2,1-5H3. The van der Waals surface area contributed by atoms with E-state index in [9.17, 15) is 4.79 Å². The maximum atomic E-state index is 12.6. The zero-order chi connectivity index (χ0) is 15.6. The molecule has 1 unspecified atom stereocenters. The molecule has 0 aromatic rings. The summed E-state index contributed by atoms with van der Waals surface area (Å²) >= 11 is 0. The first-order valence-corrected chi connectivity index (χ1v) is 8.38. The lowest BCUT2D eigenvalue weighted by Crippen LogP contribution is -2.47. The molecule has 5 heteroatoms. The average Bonchev–Trinajstić information content (AvgIpc) is 2.75. The molecule has 21 heavy (non-hydrogen) atoms. The lowest BCUT2D eigenvalue weighted by Gasteiger charge is -2.33. The Morgan fingerprint density at radius 2 is 1.67 bits per heavy atom. The van der Waals surface area contributed by atoms with Crippen LogP contribution in [0.25, 0.3) is 0 Å². The van der Waals surface area contributed by atoms with Crippen molar-refractivity contribution in [2.75, 3.05) is 52.9 Å². The fourth-order valence-electron chi connectivity index (χ4n) is 3.35. The highest BCUT2D eigenvalue weighted by Gasteiger charge is 2.39. The Kier molecular flexibility index (Phi) is 5.49. The summed E-state index contributed by atoms with van der Waals surface area (Å²) < 4.78 is 0. The highest BCUT2D eigenvalue weighted by atomic mass is 16.2. The summed E-state index contributed by atoms with van der Waals surface area (Å²) in [5, 5.41) is 0. The van der Waals surface area contributed by atoms with Crippen molar-refractivity contribution >= 4 is 6.03 Å². The van der Waals surface area contributed by atoms with Crippen LogP contribution in [-0.4, -0.2) is 90.6 Å². The van der Waals surface area contributed by atoms with E-state index in [2.05, 4.69) is 54.3 Å². The molecule has 2 fully saturated rings. The number of nitrogens with zero attached hydrogens (tertiary/aromatic N) is 4. The van der Waals surface area contributed by atoms with Gasteiger partial charge in [-0.2, -0.15) is 0 Å². The molecule has 2 aliphatic heterocycles. The van der Waals surface area contributed by atoms with E-state index < -0.39 is 0 Å². The zero-order valence-electron chi connectivity index (χ0n) is 14.4. The Labute approximate surface area is 129 Å². The van der Waals surface area contributed by atoms with Gasteiger partial charge in [-0.3, -0.25) is 4.90 Å². The summed E-state index contributed by atoms with van der Waals surface area (Å²) in [5.41, 5.74) is 0. The molecule has 0 aliphatic carbocycles. The van der Waals surface area contributed by atoms with Crippen molar-refractivity contribution in [1.82, 2.24) is 19.6 Å². The molecule has 0 N–H and O–H groups in total. The van der Waals surface area contributed by atoms with Gasteiger partial charge in [-0.15, -0.1) is 0 Å². The maximum absolute atomic E-state index is 12.6. The fraction of sp³-hybridized carbons (Fsp3) is 0.938. The van der Waals surface area contributed by atoms with Crippen LogP contribution in [0.15, 0.2) is 0 Å². The highest BCUT2D eigenvalue weighted by molar-refractivity contribution is 5.77. The van der Waals surface area contributed by atoms with Gasteiger partial charge in [-0.25, -0.2) is 4.79 Å². The predicted molar refractivity (Wildman–Crippen MR) is 86.5 cm³/mol. The van der Waals surface area contributed by atoms with E-state index in [1.54, 1.807) is 0 Å². The van der Waals surface area contributed by atoms with Gasteiger partial charge in [-0.05, 0) is 26.8 Å². The summed E-state index contributed by atoms with van der Waals surface area (Å²) in [7, 11) is 2.18. The minimum absolute atomic E-state index is 0.234. The Morgan fingerprint density at radius 3 is 2.14 bits per heavy atom. The van der Waals surface area contributed by atoms with E-state index in [4.69, 9.17) is 0 Å². The molecule has 0 spiro atoms. The second-order valence-corrected chi connectivity index (χ2v) is 7.19. The molecule has 2 heterocycles. The lowest BCUT2D eigenvalue weighted by atomic mass is 10.0. The molecule has 2 aliphatic rings. The van der Waals surface area contributed by atoms with Crippen LogP contribution in [0.4, 0.5) is 4.79 Å². The van der Waals surface area contributed by atoms with E-state index in [1.165, 1.54) is 0 Å². The SMILES string of the molecule is CC(C)C1CN(CCN2CCN(C)CC2)C(=O)N1C(C)C. The number of piperazine rings is 1. The first kappa shape index (κ1) is 16.6. The third-order valence-electron chi connectivity index (χ3n) is 4.86. The molecule has 5 nitrogen and oxygen atoms in total. The molecular formula is C16H32N4O. The van der Waals surface area contributed by atoms with Crippen LogP contribution >= 0.6 is 0 Å². The number of hydrogen-bond donors (Lipinski definition) is 0. The summed E-state index contributed by atoms with van der Waals surface area (Å²) in [6.45, 7) is 16.0. The van der Waals surface area contributed by atoms with Crippen molar-refractivity contribution in [2.45, 2.75) is 39.8 Å². The van der Waals surface area contributed by atoms with Gasteiger partial charge in [0.2, 0.25) is 0 Å². The molecule has 2 amide bonds. The Hall–Kier alpha value is -0.810. The second kappa shape index (κ2) is 6.97. The molecule has 2 rings (SSSR count). The third-order valence-corrected chi connectivity index (χ3v) is 4.86. The number of hydrogen-bond acceptors (Lipinski definition) is 3. The molecule has 0 aromatic carbocycles. The summed E-state index contributed by atoms with van der Waals surface area (Å²) in [6.07, 6.45) is 0. The average molecular weight is 296 g/mol. The van der Waals surface area contributed by atoms with Gasteiger partial charge in [0.1, 0.15) is 0 Å². The molecule has 0 radical (unpaired) electrons. The maximum Gasteiger partial charge on any atom is 0.320 e. The monoisotopic (exact) mass is 296 g/mol. The van der Waals surface area contributed by atoms with Gasteiger partial charge in [-0.1, -0.05) is 13.8 Å². The smallest absolute Gasteiger partial charge is 0.320 e. The summed E-state index contributed by atoms with van der Waals surface area (Å²) in [6, 6.07) is 0.890. The number of carbonyl (C=O) groups is 1. The molecule has 0 aromatic heterocycles. The largest absolute Gasteiger partial charge is 0.321 e. The molecule has 2 saturated heterocycles.